The van der Waals surface area contributed by atoms with Gasteiger partial charge in [-0.05, 0) is 77.1 Å². The number of aliphatic hydroxyl groups excluding tert-OH is 1. The van der Waals surface area contributed by atoms with Gasteiger partial charge in [-0.15, -0.1) is 0 Å². The summed E-state index contributed by atoms with van der Waals surface area (Å²) in [5, 5.41) is 25.4. The number of pyridine rings is 1. The van der Waals surface area contributed by atoms with Crippen LogP contribution < -0.4 is 41.8 Å². The zero-order valence-corrected chi connectivity index (χ0v) is 32.5. The van der Waals surface area contributed by atoms with E-state index >= 15 is 0 Å². The number of aromatic nitrogens is 1. The molecule has 4 aromatic carbocycles. The van der Waals surface area contributed by atoms with Crippen LogP contribution in [0.1, 0.15) is 62.3 Å². The fourth-order valence-corrected chi connectivity index (χ4v) is 6.04. The topological polar surface area (TPSA) is 189 Å². The minimum absolute atomic E-state index is 0.0988. The summed E-state index contributed by atoms with van der Waals surface area (Å²) in [5.74, 6) is 1.32. The van der Waals surface area contributed by atoms with Crippen molar-refractivity contribution < 1.29 is 29.0 Å². The van der Waals surface area contributed by atoms with Crippen LogP contribution in [0.15, 0.2) is 109 Å². The maximum absolute atomic E-state index is 12.8. The van der Waals surface area contributed by atoms with Crippen LogP contribution in [-0.4, -0.2) is 54.7 Å². The lowest BCUT2D eigenvalue weighted by Crippen LogP contribution is -2.34. The molecule has 13 nitrogen and oxygen atoms in total. The molecule has 1 aromatic heterocycles. The maximum atomic E-state index is 12.8. The molecule has 0 fully saturated rings. The van der Waals surface area contributed by atoms with Crippen molar-refractivity contribution in [1.29, 1.82) is 0 Å². The first-order valence-electron chi connectivity index (χ1n) is 18.7. The van der Waals surface area contributed by atoms with E-state index in [4.69, 9.17) is 15.2 Å². The number of rotatable bonds is 19. The van der Waals surface area contributed by atoms with E-state index in [1.54, 1.807) is 50.7 Å². The average molecular weight is 774 g/mol. The SMILES string of the molecule is COc1ccc(CNC(=O)NCc2ccc(CNC(=O)c3ccc(CNC(=O)Cc4cccc(C[C@@H](C)NC[C@@H](O)c5ccc(N)nc5)c4)cc3)cc2)cc1OC. The van der Waals surface area contributed by atoms with E-state index in [0.717, 1.165) is 39.8 Å². The van der Waals surface area contributed by atoms with Crippen molar-refractivity contribution >= 4 is 23.7 Å². The second kappa shape index (κ2) is 21.0. The zero-order valence-electron chi connectivity index (χ0n) is 32.5. The lowest BCUT2D eigenvalue weighted by molar-refractivity contribution is -0.120. The van der Waals surface area contributed by atoms with Gasteiger partial charge in [-0.2, -0.15) is 0 Å². The molecule has 0 spiro atoms. The second-order valence-electron chi connectivity index (χ2n) is 13.7. The number of hydrogen-bond acceptors (Lipinski definition) is 9. The highest BCUT2D eigenvalue weighted by molar-refractivity contribution is 5.94. The summed E-state index contributed by atoms with van der Waals surface area (Å²) in [7, 11) is 3.14. The molecule has 298 valence electrons. The molecule has 0 saturated heterocycles. The number of amides is 4. The second-order valence-corrected chi connectivity index (χ2v) is 13.7. The van der Waals surface area contributed by atoms with Gasteiger partial charge in [0.25, 0.3) is 5.91 Å². The quantitative estimate of drug-likeness (QED) is 0.0623. The van der Waals surface area contributed by atoms with Crippen molar-refractivity contribution in [3.63, 3.8) is 0 Å². The number of nitrogens with one attached hydrogen (secondary N) is 5. The Labute approximate surface area is 333 Å². The van der Waals surface area contributed by atoms with E-state index in [-0.39, 0.29) is 30.3 Å². The molecule has 0 radical (unpaired) electrons. The Kier molecular flexibility index (Phi) is 15.4. The van der Waals surface area contributed by atoms with Gasteiger partial charge in [0.2, 0.25) is 5.91 Å². The average Bonchev–Trinajstić information content (AvgIpc) is 3.23. The van der Waals surface area contributed by atoms with Crippen LogP contribution in [0.4, 0.5) is 10.6 Å². The van der Waals surface area contributed by atoms with Gasteiger partial charge in [0.05, 0.1) is 26.7 Å². The Morgan fingerprint density at radius 3 is 1.93 bits per heavy atom. The molecule has 0 saturated carbocycles. The molecule has 13 heteroatoms. The number of carbonyl (C=O) groups is 3. The summed E-state index contributed by atoms with van der Waals surface area (Å²) in [6.07, 6.45) is 1.86. The summed E-state index contributed by atoms with van der Waals surface area (Å²) in [5.41, 5.74) is 12.5. The number of methoxy groups -OCH3 is 2. The molecule has 1 heterocycles. The minimum atomic E-state index is -0.693. The number of nitrogens with two attached hydrogens (primary N) is 1. The van der Waals surface area contributed by atoms with Crippen LogP contribution in [0.5, 0.6) is 11.5 Å². The Morgan fingerprint density at radius 2 is 1.28 bits per heavy atom. The van der Waals surface area contributed by atoms with Crippen molar-refractivity contribution in [2.24, 2.45) is 0 Å². The van der Waals surface area contributed by atoms with Crippen LogP contribution in [-0.2, 0) is 43.8 Å². The first-order chi connectivity index (χ1) is 27.6. The summed E-state index contributed by atoms with van der Waals surface area (Å²) < 4.78 is 10.6. The Balaban J connectivity index is 0.977. The molecule has 4 amide bonds. The van der Waals surface area contributed by atoms with Crippen molar-refractivity contribution in [3.05, 3.63) is 154 Å². The van der Waals surface area contributed by atoms with Crippen LogP contribution in [0.3, 0.4) is 0 Å². The normalized spacial score (nSPS) is 11.9. The summed E-state index contributed by atoms with van der Waals surface area (Å²) in [6, 6.07) is 31.4. The number of nitrogen functional groups attached to an aromatic ring is 1. The lowest BCUT2D eigenvalue weighted by Gasteiger charge is -2.18. The van der Waals surface area contributed by atoms with Crippen LogP contribution in [0, 0.1) is 0 Å². The van der Waals surface area contributed by atoms with Crippen molar-refractivity contribution in [3.8, 4) is 11.5 Å². The fourth-order valence-electron chi connectivity index (χ4n) is 6.04. The molecule has 0 aliphatic rings. The molecular formula is C44H51N7O6. The molecule has 8 N–H and O–H groups in total. The highest BCUT2D eigenvalue weighted by Crippen LogP contribution is 2.27. The molecule has 0 aliphatic carbocycles. The maximum Gasteiger partial charge on any atom is 0.315 e. The van der Waals surface area contributed by atoms with E-state index < -0.39 is 6.10 Å². The van der Waals surface area contributed by atoms with Gasteiger partial charge in [-0.1, -0.05) is 72.8 Å². The summed E-state index contributed by atoms with van der Waals surface area (Å²) >= 11 is 0. The van der Waals surface area contributed by atoms with Crippen LogP contribution in [0.25, 0.3) is 0 Å². The van der Waals surface area contributed by atoms with Gasteiger partial charge < -0.3 is 46.9 Å². The predicted molar refractivity (Wildman–Crippen MR) is 219 cm³/mol. The molecule has 0 unspecified atom stereocenters. The van der Waals surface area contributed by atoms with Gasteiger partial charge >= 0.3 is 6.03 Å². The Bertz CT molecular complexity index is 2080. The van der Waals surface area contributed by atoms with E-state index in [0.29, 0.717) is 61.2 Å². The third-order valence-corrected chi connectivity index (χ3v) is 9.29. The molecular weight excluding hydrogens is 723 g/mol. The smallest absolute Gasteiger partial charge is 0.315 e. The largest absolute Gasteiger partial charge is 0.493 e. The third-order valence-electron chi connectivity index (χ3n) is 9.29. The number of urea groups is 1. The van der Waals surface area contributed by atoms with Gasteiger partial charge in [0.1, 0.15) is 5.82 Å². The highest BCUT2D eigenvalue weighted by Gasteiger charge is 2.13. The predicted octanol–water partition coefficient (Wildman–Crippen LogP) is 4.72. The van der Waals surface area contributed by atoms with E-state index in [9.17, 15) is 19.5 Å². The van der Waals surface area contributed by atoms with E-state index in [1.165, 1.54) is 0 Å². The minimum Gasteiger partial charge on any atom is -0.493 e. The highest BCUT2D eigenvalue weighted by atomic mass is 16.5. The number of hydrogen-bond donors (Lipinski definition) is 7. The van der Waals surface area contributed by atoms with Gasteiger partial charge in [-0.3, -0.25) is 9.59 Å². The molecule has 5 aromatic rings. The molecule has 2 atom stereocenters. The zero-order chi connectivity index (χ0) is 40.6. The molecule has 57 heavy (non-hydrogen) atoms. The Morgan fingerprint density at radius 1 is 0.684 bits per heavy atom. The summed E-state index contributed by atoms with van der Waals surface area (Å²) in [6.45, 7) is 3.80. The van der Waals surface area contributed by atoms with Crippen LogP contribution >= 0.6 is 0 Å². The number of aliphatic hydroxyl groups is 1. The molecule has 0 aliphatic heterocycles. The molecule has 5 rings (SSSR count). The number of anilines is 1. The Hall–Kier alpha value is -6.44. The van der Waals surface area contributed by atoms with Crippen LogP contribution in [0.2, 0.25) is 0 Å². The first-order valence-corrected chi connectivity index (χ1v) is 18.7. The number of benzene rings is 4. The van der Waals surface area contributed by atoms with Gasteiger partial charge in [0.15, 0.2) is 11.5 Å². The number of carbonyl (C=O) groups excluding carboxylic acids is 3. The number of ether oxygens (including phenoxy) is 2. The van der Waals surface area contributed by atoms with E-state index in [1.807, 2.05) is 72.8 Å². The monoisotopic (exact) mass is 773 g/mol. The number of nitrogens with zero attached hydrogens (tertiary/aromatic N) is 1. The summed E-state index contributed by atoms with van der Waals surface area (Å²) in [4.78, 5) is 42.0. The standard InChI is InChI=1S/C44H51N7O6/c1-29(46-28-38(52)37-16-18-41(45)47-27-37)19-33-5-4-6-34(20-33)22-42(53)48-23-32-11-14-36(15-12-32)43(54)49-24-30-7-9-31(10-8-30)25-50-44(55)51-26-35-13-17-39(56-2)40(21-35)57-3/h4-18,20-21,27,29,38,46,52H,19,22-26,28H2,1-3H3,(H2,45,47)(H,48,53)(H,49,54)(H2,50,51,55)/t29-,38-/m1/s1. The molecule has 0 bridgehead atoms. The van der Waals surface area contributed by atoms with Crippen molar-refractivity contribution in [2.45, 2.75) is 58.1 Å². The fraction of sp³-hybridized carbons (Fsp3) is 0.273. The van der Waals surface area contributed by atoms with Crippen molar-refractivity contribution in [1.82, 2.24) is 31.6 Å². The van der Waals surface area contributed by atoms with Gasteiger partial charge in [0, 0.05) is 56.1 Å². The van der Waals surface area contributed by atoms with E-state index in [2.05, 4.69) is 38.5 Å². The van der Waals surface area contributed by atoms with Gasteiger partial charge in [-0.25, -0.2) is 9.78 Å². The first kappa shape index (κ1) is 41.7. The lowest BCUT2D eigenvalue weighted by atomic mass is 10.0. The third kappa shape index (κ3) is 13.4. The van der Waals surface area contributed by atoms with Crippen molar-refractivity contribution in [2.75, 3.05) is 26.5 Å².